The third kappa shape index (κ3) is 2.44. The van der Waals surface area contributed by atoms with Crippen molar-refractivity contribution in [3.8, 4) is 0 Å². The second-order valence-corrected chi connectivity index (χ2v) is 5.61. The Balaban J connectivity index is 1.86. The number of aryl methyl sites for hydroxylation is 2. The molecular weight excluding hydrogens is 254 g/mol. The first-order valence-corrected chi connectivity index (χ1v) is 7.05. The van der Waals surface area contributed by atoms with Gasteiger partial charge in [-0.3, -0.25) is 4.98 Å². The average Bonchev–Trinajstić information content (AvgIpc) is 2.87. The third-order valence-electron chi connectivity index (χ3n) is 3.11. The molecule has 0 fully saturated rings. The van der Waals surface area contributed by atoms with Crippen molar-refractivity contribution < 1.29 is 0 Å². The van der Waals surface area contributed by atoms with E-state index in [1.54, 1.807) is 17.5 Å². The fraction of sp³-hybridized carbons (Fsp3) is 0.200. The number of fused-ring (bicyclic) bond motifs is 1. The second kappa shape index (κ2) is 4.97. The lowest BCUT2D eigenvalue weighted by molar-refractivity contribution is 1.11. The number of pyridine rings is 1. The molecule has 4 heteroatoms. The van der Waals surface area contributed by atoms with Crippen molar-refractivity contribution in [2.24, 2.45) is 0 Å². The van der Waals surface area contributed by atoms with Gasteiger partial charge in [0.15, 0.2) is 5.13 Å². The molecule has 3 rings (SSSR count). The summed E-state index contributed by atoms with van der Waals surface area (Å²) in [4.78, 5) is 8.79. The SMILES string of the molecule is Cc1ccc(C)c2sc(NCc3cccnc3)nc12. The van der Waals surface area contributed by atoms with Crippen molar-refractivity contribution in [2.75, 3.05) is 5.32 Å². The highest BCUT2D eigenvalue weighted by Gasteiger charge is 2.08. The van der Waals surface area contributed by atoms with Crippen molar-refractivity contribution in [3.63, 3.8) is 0 Å². The van der Waals surface area contributed by atoms with Gasteiger partial charge in [-0.05, 0) is 36.6 Å². The number of thiazole rings is 1. The molecule has 0 atom stereocenters. The number of benzene rings is 1. The van der Waals surface area contributed by atoms with Crippen LogP contribution in [0.1, 0.15) is 16.7 Å². The molecule has 0 aliphatic carbocycles. The van der Waals surface area contributed by atoms with E-state index in [9.17, 15) is 0 Å². The number of nitrogens with zero attached hydrogens (tertiary/aromatic N) is 2. The Morgan fingerprint density at radius 2 is 2.00 bits per heavy atom. The number of hydrogen-bond donors (Lipinski definition) is 1. The minimum Gasteiger partial charge on any atom is -0.357 e. The van der Waals surface area contributed by atoms with Crippen LogP contribution < -0.4 is 5.32 Å². The van der Waals surface area contributed by atoms with Crippen molar-refractivity contribution in [1.29, 1.82) is 0 Å². The molecule has 0 saturated heterocycles. The van der Waals surface area contributed by atoms with Crippen LogP contribution in [0.2, 0.25) is 0 Å². The Labute approximate surface area is 116 Å². The first-order valence-electron chi connectivity index (χ1n) is 6.23. The molecule has 3 aromatic rings. The molecule has 0 radical (unpaired) electrons. The number of aromatic nitrogens is 2. The Bertz CT molecular complexity index is 665. The molecule has 3 nitrogen and oxygen atoms in total. The van der Waals surface area contributed by atoms with Gasteiger partial charge in [0.1, 0.15) is 0 Å². The molecule has 0 aliphatic rings. The summed E-state index contributed by atoms with van der Waals surface area (Å²) < 4.78 is 1.27. The lowest BCUT2D eigenvalue weighted by Crippen LogP contribution is -1.98. The summed E-state index contributed by atoms with van der Waals surface area (Å²) in [5.74, 6) is 0. The van der Waals surface area contributed by atoms with E-state index >= 15 is 0 Å². The lowest BCUT2D eigenvalue weighted by atomic mass is 10.1. The first kappa shape index (κ1) is 12.1. The largest absolute Gasteiger partial charge is 0.357 e. The summed E-state index contributed by atoms with van der Waals surface area (Å²) in [5, 5.41) is 4.34. The van der Waals surface area contributed by atoms with Gasteiger partial charge in [-0.2, -0.15) is 0 Å². The second-order valence-electron chi connectivity index (χ2n) is 4.61. The summed E-state index contributed by atoms with van der Waals surface area (Å²) in [6, 6.07) is 8.29. The Hall–Kier alpha value is -1.94. The average molecular weight is 269 g/mol. The van der Waals surface area contributed by atoms with Gasteiger partial charge in [-0.15, -0.1) is 0 Å². The molecule has 1 aromatic carbocycles. The van der Waals surface area contributed by atoms with E-state index in [2.05, 4.69) is 47.3 Å². The van der Waals surface area contributed by atoms with Crippen LogP contribution in [0.15, 0.2) is 36.7 Å². The molecule has 0 unspecified atom stereocenters. The van der Waals surface area contributed by atoms with Crippen LogP contribution in [0.5, 0.6) is 0 Å². The van der Waals surface area contributed by atoms with Crippen LogP contribution >= 0.6 is 11.3 Å². The zero-order valence-corrected chi connectivity index (χ0v) is 11.8. The van der Waals surface area contributed by atoms with Crippen LogP contribution in [0.3, 0.4) is 0 Å². The predicted octanol–water partition coefficient (Wildman–Crippen LogP) is 3.92. The predicted molar refractivity (Wildman–Crippen MR) is 80.7 cm³/mol. The summed E-state index contributed by atoms with van der Waals surface area (Å²) in [6.07, 6.45) is 3.66. The zero-order valence-electron chi connectivity index (χ0n) is 11.0. The zero-order chi connectivity index (χ0) is 13.2. The summed E-state index contributed by atoms with van der Waals surface area (Å²) in [7, 11) is 0. The molecule has 1 N–H and O–H groups in total. The Morgan fingerprint density at radius 1 is 1.16 bits per heavy atom. The quantitative estimate of drug-likeness (QED) is 0.783. The number of nitrogens with one attached hydrogen (secondary N) is 1. The molecule has 2 aromatic heterocycles. The van der Waals surface area contributed by atoms with Gasteiger partial charge < -0.3 is 5.32 Å². The van der Waals surface area contributed by atoms with Gasteiger partial charge in [-0.25, -0.2) is 4.98 Å². The maximum Gasteiger partial charge on any atom is 0.184 e. The monoisotopic (exact) mass is 269 g/mol. The van der Waals surface area contributed by atoms with E-state index in [0.29, 0.717) is 0 Å². The maximum atomic E-state index is 4.68. The van der Waals surface area contributed by atoms with Crippen molar-refractivity contribution >= 4 is 26.7 Å². The first-order chi connectivity index (χ1) is 9.24. The van der Waals surface area contributed by atoms with Crippen molar-refractivity contribution in [3.05, 3.63) is 53.3 Å². The number of hydrogen-bond acceptors (Lipinski definition) is 4. The Morgan fingerprint density at radius 3 is 2.74 bits per heavy atom. The van der Waals surface area contributed by atoms with E-state index in [-0.39, 0.29) is 0 Å². The maximum absolute atomic E-state index is 4.68. The van der Waals surface area contributed by atoms with Gasteiger partial charge in [0, 0.05) is 18.9 Å². The van der Waals surface area contributed by atoms with Gasteiger partial charge in [0.05, 0.1) is 10.2 Å². The van der Waals surface area contributed by atoms with E-state index in [1.165, 1.54) is 15.8 Å². The molecule has 0 amide bonds. The third-order valence-corrected chi connectivity index (χ3v) is 4.26. The molecule has 0 saturated carbocycles. The molecule has 0 spiro atoms. The van der Waals surface area contributed by atoms with Gasteiger partial charge >= 0.3 is 0 Å². The smallest absolute Gasteiger partial charge is 0.184 e. The van der Waals surface area contributed by atoms with E-state index in [0.717, 1.165) is 22.8 Å². The summed E-state index contributed by atoms with van der Waals surface area (Å²) in [6.45, 7) is 4.99. The minimum atomic E-state index is 0.756. The van der Waals surface area contributed by atoms with Gasteiger partial charge in [0.2, 0.25) is 0 Å². The van der Waals surface area contributed by atoms with Crippen LogP contribution in [-0.2, 0) is 6.54 Å². The summed E-state index contributed by atoms with van der Waals surface area (Å²) in [5.41, 5.74) is 4.78. The highest BCUT2D eigenvalue weighted by atomic mass is 32.1. The van der Waals surface area contributed by atoms with Gasteiger partial charge in [-0.1, -0.05) is 29.5 Å². The molecule has 0 aliphatic heterocycles. The Kier molecular flexibility index (Phi) is 3.17. The van der Waals surface area contributed by atoms with Crippen molar-refractivity contribution in [2.45, 2.75) is 20.4 Å². The molecule has 2 heterocycles. The molecular formula is C15H15N3S. The fourth-order valence-electron chi connectivity index (χ4n) is 2.02. The van der Waals surface area contributed by atoms with Crippen molar-refractivity contribution in [1.82, 2.24) is 9.97 Å². The topological polar surface area (TPSA) is 37.8 Å². The molecule has 19 heavy (non-hydrogen) atoms. The van der Waals surface area contributed by atoms with Gasteiger partial charge in [0.25, 0.3) is 0 Å². The number of anilines is 1. The fourth-order valence-corrected chi connectivity index (χ4v) is 3.02. The molecule has 0 bridgehead atoms. The standard InChI is InChI=1S/C15H15N3S/c1-10-5-6-11(2)14-13(10)18-15(19-14)17-9-12-4-3-7-16-8-12/h3-8H,9H2,1-2H3,(H,17,18). The van der Waals surface area contributed by atoms with Crippen LogP contribution in [0.25, 0.3) is 10.2 Å². The normalized spacial score (nSPS) is 10.8. The van der Waals surface area contributed by atoms with Crippen LogP contribution in [0.4, 0.5) is 5.13 Å². The van der Waals surface area contributed by atoms with Crippen LogP contribution in [0, 0.1) is 13.8 Å². The van der Waals surface area contributed by atoms with E-state index < -0.39 is 0 Å². The lowest BCUT2D eigenvalue weighted by Gasteiger charge is -2.00. The summed E-state index contributed by atoms with van der Waals surface area (Å²) >= 11 is 1.71. The van der Waals surface area contributed by atoms with Crippen LogP contribution in [-0.4, -0.2) is 9.97 Å². The van der Waals surface area contributed by atoms with E-state index in [1.807, 2.05) is 12.3 Å². The highest BCUT2D eigenvalue weighted by Crippen LogP contribution is 2.30. The minimum absolute atomic E-state index is 0.756. The highest BCUT2D eigenvalue weighted by molar-refractivity contribution is 7.22. The number of rotatable bonds is 3. The molecule has 96 valence electrons. The van der Waals surface area contributed by atoms with E-state index in [4.69, 9.17) is 0 Å².